The minimum atomic E-state index is -0.285. The molecule has 0 aliphatic rings. The van der Waals surface area contributed by atoms with Gasteiger partial charge in [-0.15, -0.1) is 11.3 Å². The van der Waals surface area contributed by atoms with Crippen LogP contribution in [0.25, 0.3) is 0 Å². The van der Waals surface area contributed by atoms with E-state index in [-0.39, 0.29) is 43.0 Å². The molecule has 0 spiro atoms. The zero-order chi connectivity index (χ0) is 16.0. The zero-order valence-corrected chi connectivity index (χ0v) is 13.7. The Bertz CT molecular complexity index is 535. The largest absolute Gasteiger partial charge is 0.352 e. The number of hydrogen-bond donors (Lipinski definition) is 2. The average Bonchev–Trinajstić information content (AvgIpc) is 2.72. The molecule has 1 rings (SSSR count). The lowest BCUT2D eigenvalue weighted by Crippen LogP contribution is -2.39. The Hall–Kier alpha value is -1.69. The molecule has 0 radical (unpaired) electrons. The van der Waals surface area contributed by atoms with Gasteiger partial charge in [0.15, 0.2) is 5.78 Å². The van der Waals surface area contributed by atoms with Gasteiger partial charge in [0.2, 0.25) is 11.8 Å². The number of carbonyl (C=O) groups excluding carboxylic acids is 3. The van der Waals surface area contributed by atoms with E-state index in [1.807, 2.05) is 33.8 Å². The summed E-state index contributed by atoms with van der Waals surface area (Å²) in [5, 5.41) is 5.19. The van der Waals surface area contributed by atoms with Gasteiger partial charge < -0.3 is 10.6 Å². The maximum atomic E-state index is 12.0. The Morgan fingerprint density at radius 2 is 1.81 bits per heavy atom. The molecule has 0 unspecified atom stereocenters. The number of Topliss-reactive ketones (excluding diaryl/α,β-unsaturated/α-hetero) is 1. The summed E-state index contributed by atoms with van der Waals surface area (Å²) < 4.78 is 0. The van der Waals surface area contributed by atoms with E-state index >= 15 is 0 Å². The van der Waals surface area contributed by atoms with E-state index in [4.69, 9.17) is 0 Å². The Labute approximate surface area is 129 Å². The highest BCUT2D eigenvalue weighted by atomic mass is 32.1. The minimum Gasteiger partial charge on any atom is -0.352 e. The molecule has 2 amide bonds. The number of carbonyl (C=O) groups is 3. The number of thiophene rings is 1. The van der Waals surface area contributed by atoms with Gasteiger partial charge in [0.05, 0.1) is 6.54 Å². The van der Waals surface area contributed by atoms with Gasteiger partial charge >= 0.3 is 0 Å². The van der Waals surface area contributed by atoms with Crippen molar-refractivity contribution in [2.45, 2.75) is 46.6 Å². The van der Waals surface area contributed by atoms with Gasteiger partial charge in [0.25, 0.3) is 0 Å². The third-order valence-electron chi connectivity index (χ3n) is 2.82. The highest BCUT2D eigenvalue weighted by molar-refractivity contribution is 7.12. The van der Waals surface area contributed by atoms with Gasteiger partial charge in [0, 0.05) is 34.2 Å². The van der Waals surface area contributed by atoms with Gasteiger partial charge in [-0.05, 0) is 33.8 Å². The van der Waals surface area contributed by atoms with Crippen LogP contribution in [0.2, 0.25) is 0 Å². The van der Waals surface area contributed by atoms with Crippen LogP contribution in [0, 0.1) is 13.8 Å². The standard InChI is InChI=1S/C15H22N2O3S/c1-9(2)17-15(20)8-16-14(19)6-5-13(18)12-7-10(3)21-11(12)4/h7,9H,5-6,8H2,1-4H3,(H,16,19)(H,17,20). The molecule has 0 aliphatic carbocycles. The van der Waals surface area contributed by atoms with Crippen LogP contribution in [-0.2, 0) is 9.59 Å². The summed E-state index contributed by atoms with van der Waals surface area (Å²) in [5.74, 6) is -0.542. The molecule has 21 heavy (non-hydrogen) atoms. The van der Waals surface area contributed by atoms with Crippen molar-refractivity contribution in [3.05, 3.63) is 21.4 Å². The van der Waals surface area contributed by atoms with Gasteiger partial charge in [-0.1, -0.05) is 0 Å². The van der Waals surface area contributed by atoms with Crippen LogP contribution in [-0.4, -0.2) is 30.2 Å². The highest BCUT2D eigenvalue weighted by Crippen LogP contribution is 2.22. The predicted molar refractivity (Wildman–Crippen MR) is 83.6 cm³/mol. The predicted octanol–water partition coefficient (Wildman–Crippen LogP) is 1.97. The van der Waals surface area contributed by atoms with Crippen molar-refractivity contribution in [1.29, 1.82) is 0 Å². The lowest BCUT2D eigenvalue weighted by Gasteiger charge is -2.09. The summed E-state index contributed by atoms with van der Waals surface area (Å²) in [5.41, 5.74) is 0.697. The average molecular weight is 310 g/mol. The summed E-state index contributed by atoms with van der Waals surface area (Å²) in [6.07, 6.45) is 0.261. The molecule has 0 atom stereocenters. The molecule has 1 aromatic heterocycles. The maximum Gasteiger partial charge on any atom is 0.239 e. The van der Waals surface area contributed by atoms with Crippen molar-refractivity contribution >= 4 is 28.9 Å². The second-order valence-electron chi connectivity index (χ2n) is 5.25. The number of hydrogen-bond acceptors (Lipinski definition) is 4. The molecule has 0 saturated heterocycles. The molecule has 6 heteroatoms. The van der Waals surface area contributed by atoms with Crippen LogP contribution in [0.15, 0.2) is 6.07 Å². The van der Waals surface area contributed by atoms with Gasteiger partial charge in [-0.25, -0.2) is 0 Å². The number of rotatable bonds is 7. The number of amides is 2. The summed E-state index contributed by atoms with van der Waals surface area (Å²) >= 11 is 1.58. The molecule has 0 saturated carbocycles. The van der Waals surface area contributed by atoms with Gasteiger partial charge in [-0.3, -0.25) is 14.4 Å². The van der Waals surface area contributed by atoms with Crippen molar-refractivity contribution in [3.8, 4) is 0 Å². The van der Waals surface area contributed by atoms with Crippen molar-refractivity contribution in [1.82, 2.24) is 10.6 Å². The molecule has 0 aromatic carbocycles. The number of aryl methyl sites for hydroxylation is 2. The molecule has 1 aromatic rings. The van der Waals surface area contributed by atoms with Gasteiger partial charge in [0.1, 0.15) is 0 Å². The van der Waals surface area contributed by atoms with Crippen molar-refractivity contribution in [2.75, 3.05) is 6.54 Å². The first-order valence-electron chi connectivity index (χ1n) is 6.96. The van der Waals surface area contributed by atoms with E-state index in [9.17, 15) is 14.4 Å². The molecule has 2 N–H and O–H groups in total. The Balaban J connectivity index is 2.35. The summed E-state index contributed by atoms with van der Waals surface area (Å²) in [4.78, 5) is 37.1. The van der Waals surface area contributed by atoms with Crippen LogP contribution in [0.1, 0.15) is 46.8 Å². The van der Waals surface area contributed by atoms with E-state index < -0.39 is 0 Å². The van der Waals surface area contributed by atoms with E-state index in [0.29, 0.717) is 5.56 Å². The van der Waals surface area contributed by atoms with Crippen molar-refractivity contribution < 1.29 is 14.4 Å². The molecule has 0 aliphatic heterocycles. The quantitative estimate of drug-likeness (QED) is 0.756. The van der Waals surface area contributed by atoms with E-state index in [1.165, 1.54) is 0 Å². The lowest BCUT2D eigenvalue weighted by molar-refractivity contribution is -0.126. The fourth-order valence-electron chi connectivity index (χ4n) is 1.91. The Morgan fingerprint density at radius 3 is 2.33 bits per heavy atom. The topological polar surface area (TPSA) is 75.3 Å². The molecule has 0 bridgehead atoms. The molecular formula is C15H22N2O3S. The highest BCUT2D eigenvalue weighted by Gasteiger charge is 2.14. The maximum absolute atomic E-state index is 12.0. The molecule has 5 nitrogen and oxygen atoms in total. The third-order valence-corrected chi connectivity index (χ3v) is 3.78. The Kier molecular flexibility index (Phi) is 6.55. The summed E-state index contributed by atoms with van der Waals surface area (Å²) in [6.45, 7) is 7.50. The normalized spacial score (nSPS) is 10.5. The third kappa shape index (κ3) is 6.08. The smallest absolute Gasteiger partial charge is 0.239 e. The fourth-order valence-corrected chi connectivity index (χ4v) is 2.85. The minimum absolute atomic E-state index is 0.0290. The van der Waals surface area contributed by atoms with Crippen LogP contribution in [0.5, 0.6) is 0 Å². The van der Waals surface area contributed by atoms with E-state index in [0.717, 1.165) is 9.75 Å². The van der Waals surface area contributed by atoms with Crippen molar-refractivity contribution in [3.63, 3.8) is 0 Å². The second-order valence-corrected chi connectivity index (χ2v) is 6.71. The van der Waals surface area contributed by atoms with E-state index in [2.05, 4.69) is 10.6 Å². The molecule has 116 valence electrons. The van der Waals surface area contributed by atoms with E-state index in [1.54, 1.807) is 11.3 Å². The van der Waals surface area contributed by atoms with Crippen LogP contribution < -0.4 is 10.6 Å². The summed E-state index contributed by atoms with van der Waals surface area (Å²) in [6, 6.07) is 1.90. The first-order chi connectivity index (χ1) is 9.79. The first-order valence-corrected chi connectivity index (χ1v) is 7.77. The molecule has 1 heterocycles. The first kappa shape index (κ1) is 17.4. The lowest BCUT2D eigenvalue weighted by atomic mass is 10.1. The zero-order valence-electron chi connectivity index (χ0n) is 12.9. The molecular weight excluding hydrogens is 288 g/mol. The van der Waals surface area contributed by atoms with Crippen LogP contribution in [0.4, 0.5) is 0 Å². The fraction of sp³-hybridized carbons (Fsp3) is 0.533. The number of ketones is 1. The molecule has 0 fully saturated rings. The summed E-state index contributed by atoms with van der Waals surface area (Å²) in [7, 11) is 0. The number of nitrogens with one attached hydrogen (secondary N) is 2. The van der Waals surface area contributed by atoms with Crippen LogP contribution in [0.3, 0.4) is 0 Å². The SMILES string of the molecule is Cc1cc(C(=O)CCC(=O)NCC(=O)NC(C)C)c(C)s1. The van der Waals surface area contributed by atoms with Gasteiger partial charge in [-0.2, -0.15) is 0 Å². The van der Waals surface area contributed by atoms with Crippen molar-refractivity contribution in [2.24, 2.45) is 0 Å². The van der Waals surface area contributed by atoms with Crippen LogP contribution >= 0.6 is 11.3 Å². The Morgan fingerprint density at radius 1 is 1.14 bits per heavy atom. The monoisotopic (exact) mass is 310 g/mol. The second kappa shape index (κ2) is 7.93.